The Kier molecular flexibility index (Phi) is 5.81. The Morgan fingerprint density at radius 1 is 0.905 bits per heavy atom. The van der Waals surface area contributed by atoms with Gasteiger partial charge in [-0.05, 0) is 54.0 Å². The highest BCUT2D eigenvalue weighted by molar-refractivity contribution is 5.85. The number of hydrogen-bond acceptors (Lipinski definition) is 1. The number of nitrogens with one attached hydrogen (secondary N) is 1. The molecule has 1 nitrogen and oxygen atoms in total. The van der Waals surface area contributed by atoms with E-state index in [2.05, 4.69) is 68.6 Å². The molecular weight excluding hydrogens is 254 g/mol. The molecule has 0 spiro atoms. The van der Waals surface area contributed by atoms with Crippen molar-refractivity contribution in [3.63, 3.8) is 0 Å². The van der Waals surface area contributed by atoms with Crippen LogP contribution in [-0.2, 0) is 6.42 Å². The number of fused-ring (bicyclic) bond motifs is 1. The van der Waals surface area contributed by atoms with Crippen molar-refractivity contribution in [3.8, 4) is 0 Å². The SMILES string of the molecule is CCCNCC(CC)(CC)Cc1cccc2ccccc12. The molecule has 1 heteroatoms. The zero-order chi connectivity index (χ0) is 15.1. The molecule has 0 unspecified atom stereocenters. The van der Waals surface area contributed by atoms with Gasteiger partial charge in [-0.1, -0.05) is 63.2 Å². The predicted molar refractivity (Wildman–Crippen MR) is 93.8 cm³/mol. The Hall–Kier alpha value is -1.34. The summed E-state index contributed by atoms with van der Waals surface area (Å²) < 4.78 is 0. The summed E-state index contributed by atoms with van der Waals surface area (Å²) in [6.45, 7) is 9.15. The maximum atomic E-state index is 3.65. The second-order valence-electron chi connectivity index (χ2n) is 6.20. The van der Waals surface area contributed by atoms with Crippen LogP contribution in [-0.4, -0.2) is 13.1 Å². The van der Waals surface area contributed by atoms with Gasteiger partial charge in [-0.15, -0.1) is 0 Å². The molecule has 0 fully saturated rings. The van der Waals surface area contributed by atoms with Crippen molar-refractivity contribution in [2.75, 3.05) is 13.1 Å². The van der Waals surface area contributed by atoms with Crippen LogP contribution in [0.5, 0.6) is 0 Å². The molecule has 2 aromatic rings. The topological polar surface area (TPSA) is 12.0 Å². The lowest BCUT2D eigenvalue weighted by Gasteiger charge is -2.33. The molecule has 21 heavy (non-hydrogen) atoms. The third kappa shape index (κ3) is 3.85. The van der Waals surface area contributed by atoms with Crippen LogP contribution >= 0.6 is 0 Å². The molecule has 0 atom stereocenters. The van der Waals surface area contributed by atoms with E-state index in [-0.39, 0.29) is 0 Å². The minimum atomic E-state index is 0.374. The van der Waals surface area contributed by atoms with Gasteiger partial charge in [0, 0.05) is 6.54 Å². The summed E-state index contributed by atoms with van der Waals surface area (Å²) >= 11 is 0. The highest BCUT2D eigenvalue weighted by Gasteiger charge is 2.26. The van der Waals surface area contributed by atoms with Crippen molar-refractivity contribution in [1.29, 1.82) is 0 Å². The average molecular weight is 283 g/mol. The van der Waals surface area contributed by atoms with E-state index >= 15 is 0 Å². The minimum absolute atomic E-state index is 0.374. The van der Waals surface area contributed by atoms with Gasteiger partial charge in [-0.3, -0.25) is 0 Å². The second kappa shape index (κ2) is 7.61. The van der Waals surface area contributed by atoms with E-state index < -0.39 is 0 Å². The first-order chi connectivity index (χ1) is 10.2. The summed E-state index contributed by atoms with van der Waals surface area (Å²) in [4.78, 5) is 0. The van der Waals surface area contributed by atoms with E-state index in [0.29, 0.717) is 5.41 Å². The van der Waals surface area contributed by atoms with Gasteiger partial charge in [-0.25, -0.2) is 0 Å². The van der Waals surface area contributed by atoms with Crippen molar-refractivity contribution in [2.45, 2.75) is 46.5 Å². The lowest BCUT2D eigenvalue weighted by atomic mass is 9.76. The zero-order valence-corrected chi connectivity index (χ0v) is 13.8. The van der Waals surface area contributed by atoms with Gasteiger partial charge in [-0.2, -0.15) is 0 Å². The Labute approximate surface area is 129 Å². The van der Waals surface area contributed by atoms with Gasteiger partial charge in [0.2, 0.25) is 0 Å². The largest absolute Gasteiger partial charge is 0.316 e. The minimum Gasteiger partial charge on any atom is -0.316 e. The van der Waals surface area contributed by atoms with E-state index in [4.69, 9.17) is 0 Å². The molecule has 0 heterocycles. The van der Waals surface area contributed by atoms with Gasteiger partial charge in [0.05, 0.1) is 0 Å². The van der Waals surface area contributed by atoms with Crippen LogP contribution in [0.1, 0.15) is 45.6 Å². The van der Waals surface area contributed by atoms with E-state index in [0.717, 1.165) is 19.5 Å². The molecule has 0 saturated carbocycles. The van der Waals surface area contributed by atoms with E-state index in [1.165, 1.54) is 35.6 Å². The van der Waals surface area contributed by atoms with Gasteiger partial charge >= 0.3 is 0 Å². The molecule has 0 radical (unpaired) electrons. The normalized spacial score (nSPS) is 12.0. The Balaban J connectivity index is 2.26. The van der Waals surface area contributed by atoms with Crippen LogP contribution < -0.4 is 5.32 Å². The second-order valence-corrected chi connectivity index (χ2v) is 6.20. The smallest absolute Gasteiger partial charge is 0.00108 e. The van der Waals surface area contributed by atoms with E-state index in [9.17, 15) is 0 Å². The number of benzene rings is 2. The molecule has 0 bridgehead atoms. The van der Waals surface area contributed by atoms with Crippen LogP contribution in [0.2, 0.25) is 0 Å². The molecule has 114 valence electrons. The molecule has 0 aliphatic carbocycles. The Bertz CT molecular complexity index is 549. The molecule has 0 amide bonds. The Morgan fingerprint density at radius 2 is 1.62 bits per heavy atom. The molecule has 0 aliphatic rings. The maximum Gasteiger partial charge on any atom is 0.00108 e. The average Bonchev–Trinajstić information content (AvgIpc) is 2.54. The summed E-state index contributed by atoms with van der Waals surface area (Å²) in [5.74, 6) is 0. The monoisotopic (exact) mass is 283 g/mol. The van der Waals surface area contributed by atoms with Crippen LogP contribution in [0.4, 0.5) is 0 Å². The van der Waals surface area contributed by atoms with Crippen LogP contribution in [0.25, 0.3) is 10.8 Å². The third-order valence-corrected chi connectivity index (χ3v) is 4.87. The summed E-state index contributed by atoms with van der Waals surface area (Å²) in [6.07, 6.45) is 4.82. The number of rotatable bonds is 8. The molecule has 2 rings (SSSR count). The van der Waals surface area contributed by atoms with Crippen molar-refractivity contribution in [1.82, 2.24) is 5.32 Å². The van der Waals surface area contributed by atoms with Gasteiger partial charge < -0.3 is 5.32 Å². The maximum absolute atomic E-state index is 3.65. The fourth-order valence-corrected chi connectivity index (χ4v) is 3.19. The van der Waals surface area contributed by atoms with E-state index in [1.807, 2.05) is 0 Å². The van der Waals surface area contributed by atoms with Crippen molar-refractivity contribution < 1.29 is 0 Å². The molecule has 0 aliphatic heterocycles. The molecule has 0 saturated heterocycles. The van der Waals surface area contributed by atoms with E-state index in [1.54, 1.807) is 0 Å². The van der Waals surface area contributed by atoms with Crippen LogP contribution in [0.15, 0.2) is 42.5 Å². The standard InChI is InChI=1S/C20H29N/c1-4-14-21-16-20(5-2,6-3)15-18-12-9-11-17-10-7-8-13-19(17)18/h7-13,21H,4-6,14-16H2,1-3H3. The first kappa shape index (κ1) is 16.0. The lowest BCUT2D eigenvalue weighted by molar-refractivity contribution is 0.247. The fraction of sp³-hybridized carbons (Fsp3) is 0.500. The first-order valence-electron chi connectivity index (χ1n) is 8.42. The Morgan fingerprint density at radius 3 is 2.33 bits per heavy atom. The van der Waals surface area contributed by atoms with Crippen molar-refractivity contribution >= 4 is 10.8 Å². The fourth-order valence-electron chi connectivity index (χ4n) is 3.19. The molecule has 2 aromatic carbocycles. The lowest BCUT2D eigenvalue weighted by Crippen LogP contribution is -2.35. The summed E-state index contributed by atoms with van der Waals surface area (Å²) in [5, 5.41) is 6.42. The van der Waals surface area contributed by atoms with Crippen LogP contribution in [0, 0.1) is 5.41 Å². The molecular formula is C20H29N. The quantitative estimate of drug-likeness (QED) is 0.657. The van der Waals surface area contributed by atoms with Crippen molar-refractivity contribution in [3.05, 3.63) is 48.0 Å². The third-order valence-electron chi connectivity index (χ3n) is 4.87. The van der Waals surface area contributed by atoms with Gasteiger partial charge in [0.15, 0.2) is 0 Å². The highest BCUT2D eigenvalue weighted by Crippen LogP contribution is 2.33. The van der Waals surface area contributed by atoms with Crippen LogP contribution in [0.3, 0.4) is 0 Å². The zero-order valence-electron chi connectivity index (χ0n) is 13.8. The summed E-state index contributed by atoms with van der Waals surface area (Å²) in [7, 11) is 0. The predicted octanol–water partition coefficient (Wildman–Crippen LogP) is 5.19. The summed E-state index contributed by atoms with van der Waals surface area (Å²) in [5.41, 5.74) is 1.87. The number of hydrogen-bond donors (Lipinski definition) is 1. The first-order valence-corrected chi connectivity index (χ1v) is 8.42. The molecule has 0 aromatic heterocycles. The van der Waals surface area contributed by atoms with Crippen molar-refractivity contribution in [2.24, 2.45) is 5.41 Å². The summed E-state index contributed by atoms with van der Waals surface area (Å²) in [6, 6.07) is 15.5. The highest BCUT2D eigenvalue weighted by atomic mass is 14.9. The van der Waals surface area contributed by atoms with Gasteiger partial charge in [0.25, 0.3) is 0 Å². The molecule has 1 N–H and O–H groups in total. The van der Waals surface area contributed by atoms with Gasteiger partial charge in [0.1, 0.15) is 0 Å².